The summed E-state index contributed by atoms with van der Waals surface area (Å²) in [6.07, 6.45) is 7.93. The van der Waals surface area contributed by atoms with Crippen LogP contribution in [0, 0.1) is 16.2 Å². The van der Waals surface area contributed by atoms with E-state index in [1.807, 2.05) is 0 Å². The lowest BCUT2D eigenvalue weighted by molar-refractivity contribution is -0.153. The van der Waals surface area contributed by atoms with E-state index in [1.54, 1.807) is 0 Å². The Labute approximate surface area is 118 Å². The van der Waals surface area contributed by atoms with Crippen LogP contribution in [-0.2, 0) is 9.53 Å². The van der Waals surface area contributed by atoms with E-state index in [9.17, 15) is 4.79 Å². The van der Waals surface area contributed by atoms with Gasteiger partial charge in [0.05, 0.1) is 5.41 Å². The maximum absolute atomic E-state index is 12.4. The summed E-state index contributed by atoms with van der Waals surface area (Å²) < 4.78 is 5.83. The number of carbonyl (C=O) groups is 1. The van der Waals surface area contributed by atoms with Crippen molar-refractivity contribution in [3.63, 3.8) is 0 Å². The molecule has 2 nitrogen and oxygen atoms in total. The highest BCUT2D eigenvalue weighted by molar-refractivity contribution is 5.79. The van der Waals surface area contributed by atoms with E-state index in [0.717, 1.165) is 25.7 Å². The molecule has 0 N–H and O–H groups in total. The van der Waals surface area contributed by atoms with E-state index in [2.05, 4.69) is 34.6 Å². The van der Waals surface area contributed by atoms with Crippen LogP contribution < -0.4 is 0 Å². The third-order valence-electron chi connectivity index (χ3n) is 4.93. The van der Waals surface area contributed by atoms with Gasteiger partial charge < -0.3 is 4.74 Å². The quantitative estimate of drug-likeness (QED) is 0.676. The van der Waals surface area contributed by atoms with Crippen molar-refractivity contribution in [1.29, 1.82) is 0 Å². The molecule has 0 aromatic rings. The maximum Gasteiger partial charge on any atom is 0.312 e. The van der Waals surface area contributed by atoms with Crippen LogP contribution in [0.2, 0.25) is 0 Å². The summed E-state index contributed by atoms with van der Waals surface area (Å²) in [6, 6.07) is 0. The molecule has 1 unspecified atom stereocenters. The predicted molar refractivity (Wildman–Crippen MR) is 77.9 cm³/mol. The molecule has 0 bridgehead atoms. The van der Waals surface area contributed by atoms with E-state index in [-0.39, 0.29) is 28.3 Å². The van der Waals surface area contributed by atoms with E-state index in [0.29, 0.717) is 0 Å². The van der Waals surface area contributed by atoms with Crippen LogP contribution in [0.3, 0.4) is 0 Å². The molecule has 1 aliphatic heterocycles. The first-order valence-corrected chi connectivity index (χ1v) is 7.86. The third kappa shape index (κ3) is 3.14. The molecule has 2 aliphatic rings. The van der Waals surface area contributed by atoms with Gasteiger partial charge in [0.25, 0.3) is 0 Å². The molecular formula is C17H30O2. The predicted octanol–water partition coefficient (Wildman–Crippen LogP) is 4.71. The summed E-state index contributed by atoms with van der Waals surface area (Å²) in [5, 5.41) is 0. The largest absolute Gasteiger partial charge is 0.461 e. The molecule has 19 heavy (non-hydrogen) atoms. The lowest BCUT2D eigenvalue weighted by Gasteiger charge is -2.37. The minimum atomic E-state index is -0.127. The zero-order chi connectivity index (χ0) is 14.3. The van der Waals surface area contributed by atoms with Gasteiger partial charge in [0.15, 0.2) is 0 Å². The Morgan fingerprint density at radius 3 is 2.21 bits per heavy atom. The van der Waals surface area contributed by atoms with Crippen LogP contribution in [-0.4, -0.2) is 12.1 Å². The summed E-state index contributed by atoms with van der Waals surface area (Å²) in [4.78, 5) is 12.4. The number of hydrogen-bond donors (Lipinski definition) is 0. The molecular weight excluding hydrogens is 236 g/mol. The van der Waals surface area contributed by atoms with Crippen molar-refractivity contribution in [2.24, 2.45) is 16.2 Å². The van der Waals surface area contributed by atoms with Crippen LogP contribution in [0.15, 0.2) is 0 Å². The second-order valence-corrected chi connectivity index (χ2v) is 8.67. The highest BCUT2D eigenvalue weighted by atomic mass is 16.6. The summed E-state index contributed by atoms with van der Waals surface area (Å²) in [6.45, 7) is 11.3. The first-order valence-electron chi connectivity index (χ1n) is 7.86. The maximum atomic E-state index is 12.4. The monoisotopic (exact) mass is 266 g/mol. The second-order valence-electron chi connectivity index (χ2n) is 8.67. The molecule has 0 aromatic heterocycles. The van der Waals surface area contributed by atoms with Gasteiger partial charge in [-0.15, -0.1) is 0 Å². The topological polar surface area (TPSA) is 26.3 Å². The summed E-state index contributed by atoms with van der Waals surface area (Å²) in [5.41, 5.74) is 0.227. The molecule has 0 radical (unpaired) electrons. The van der Waals surface area contributed by atoms with E-state index in [4.69, 9.17) is 4.74 Å². The van der Waals surface area contributed by atoms with Crippen LogP contribution in [0.5, 0.6) is 0 Å². The standard InChI is InChI=1S/C17H30O2/c1-15(2,3)12-16(4,5)13-11-17(14(18)19-13)9-7-6-8-10-17/h13H,6-12H2,1-5H3. The lowest BCUT2D eigenvalue weighted by Crippen LogP contribution is -2.34. The van der Waals surface area contributed by atoms with Crippen molar-refractivity contribution >= 4 is 5.97 Å². The van der Waals surface area contributed by atoms with E-state index < -0.39 is 0 Å². The van der Waals surface area contributed by atoms with Gasteiger partial charge in [-0.1, -0.05) is 53.9 Å². The van der Waals surface area contributed by atoms with Gasteiger partial charge in [-0.3, -0.25) is 4.79 Å². The molecule has 1 spiro atoms. The number of esters is 1. The van der Waals surface area contributed by atoms with Gasteiger partial charge in [-0.2, -0.15) is 0 Å². The number of ether oxygens (including phenoxy) is 1. The molecule has 0 aromatic carbocycles. The average Bonchev–Trinajstić information content (AvgIpc) is 2.55. The van der Waals surface area contributed by atoms with Gasteiger partial charge in [0.2, 0.25) is 0 Å². The molecule has 0 amide bonds. The normalized spacial score (nSPS) is 27.6. The SMILES string of the molecule is CC(C)(C)CC(C)(C)C1CC2(CCCCC2)C(=O)O1. The summed E-state index contributed by atoms with van der Waals surface area (Å²) >= 11 is 0. The average molecular weight is 266 g/mol. The third-order valence-corrected chi connectivity index (χ3v) is 4.93. The molecule has 1 saturated carbocycles. The Bertz CT molecular complexity index is 343. The number of cyclic esters (lactones) is 1. The van der Waals surface area contributed by atoms with Gasteiger partial charge in [0.1, 0.15) is 6.10 Å². The number of rotatable bonds is 2. The Morgan fingerprint density at radius 1 is 1.11 bits per heavy atom. The number of hydrogen-bond acceptors (Lipinski definition) is 2. The van der Waals surface area contributed by atoms with Crippen molar-refractivity contribution in [3.05, 3.63) is 0 Å². The smallest absolute Gasteiger partial charge is 0.312 e. The Hall–Kier alpha value is -0.530. The zero-order valence-electron chi connectivity index (χ0n) is 13.3. The summed E-state index contributed by atoms with van der Waals surface area (Å²) in [7, 11) is 0. The van der Waals surface area contributed by atoms with Gasteiger partial charge >= 0.3 is 5.97 Å². The van der Waals surface area contributed by atoms with E-state index in [1.165, 1.54) is 19.3 Å². The Morgan fingerprint density at radius 2 is 1.68 bits per heavy atom. The van der Waals surface area contributed by atoms with Crippen LogP contribution >= 0.6 is 0 Å². The lowest BCUT2D eigenvalue weighted by atomic mass is 9.67. The minimum absolute atomic E-state index is 0.0782. The van der Waals surface area contributed by atoms with Crippen LogP contribution in [0.25, 0.3) is 0 Å². The van der Waals surface area contributed by atoms with E-state index >= 15 is 0 Å². The van der Waals surface area contributed by atoms with Crippen LogP contribution in [0.1, 0.15) is 79.6 Å². The van der Waals surface area contributed by atoms with Crippen LogP contribution in [0.4, 0.5) is 0 Å². The zero-order valence-corrected chi connectivity index (χ0v) is 13.3. The molecule has 1 atom stereocenters. The Kier molecular flexibility index (Phi) is 3.75. The minimum Gasteiger partial charge on any atom is -0.461 e. The second kappa shape index (κ2) is 4.79. The fraction of sp³-hybridized carbons (Fsp3) is 0.941. The van der Waals surface area contributed by atoms with Crippen molar-refractivity contribution in [2.75, 3.05) is 0 Å². The van der Waals surface area contributed by atoms with Gasteiger partial charge in [0, 0.05) is 11.8 Å². The Balaban J connectivity index is 2.09. The van der Waals surface area contributed by atoms with Gasteiger partial charge in [-0.05, 0) is 24.7 Å². The molecule has 1 heterocycles. The fourth-order valence-corrected chi connectivity index (χ4v) is 4.29. The molecule has 1 saturated heterocycles. The number of carbonyl (C=O) groups excluding carboxylic acids is 1. The highest BCUT2D eigenvalue weighted by Crippen LogP contribution is 2.51. The molecule has 2 rings (SSSR count). The van der Waals surface area contributed by atoms with Crippen molar-refractivity contribution < 1.29 is 9.53 Å². The first-order chi connectivity index (χ1) is 8.65. The fourth-order valence-electron chi connectivity index (χ4n) is 4.29. The van der Waals surface area contributed by atoms with Crippen molar-refractivity contribution in [1.82, 2.24) is 0 Å². The summed E-state index contributed by atoms with van der Waals surface area (Å²) in [5.74, 6) is 0.0965. The highest BCUT2D eigenvalue weighted by Gasteiger charge is 2.53. The van der Waals surface area contributed by atoms with Gasteiger partial charge in [-0.25, -0.2) is 0 Å². The molecule has 1 aliphatic carbocycles. The molecule has 2 heteroatoms. The molecule has 2 fully saturated rings. The first kappa shape index (κ1) is 14.9. The van der Waals surface area contributed by atoms with Crippen molar-refractivity contribution in [3.8, 4) is 0 Å². The van der Waals surface area contributed by atoms with Crippen molar-refractivity contribution in [2.45, 2.75) is 85.7 Å². The molecule has 110 valence electrons.